The van der Waals surface area contributed by atoms with Gasteiger partial charge in [-0.15, -0.1) is 11.6 Å². The highest BCUT2D eigenvalue weighted by molar-refractivity contribution is 6.20. The Morgan fingerprint density at radius 2 is 2.00 bits per heavy atom. The molecule has 3 atom stereocenters. The summed E-state index contributed by atoms with van der Waals surface area (Å²) in [6, 6.07) is 6.77. The zero-order valence-corrected chi connectivity index (χ0v) is 11.2. The maximum absolute atomic E-state index is 6.29. The van der Waals surface area contributed by atoms with Gasteiger partial charge in [-0.3, -0.25) is 0 Å². The summed E-state index contributed by atoms with van der Waals surface area (Å²) in [5.74, 6) is 1.45. The van der Waals surface area contributed by atoms with Crippen molar-refractivity contribution in [1.82, 2.24) is 0 Å². The summed E-state index contributed by atoms with van der Waals surface area (Å²) in [5, 5.41) is 0.398. The predicted octanol–water partition coefficient (Wildman–Crippen LogP) is 4.50. The third-order valence-corrected chi connectivity index (χ3v) is 4.73. The maximum Gasteiger partial charge on any atom is 0.0364 e. The molecule has 0 amide bonds. The zero-order chi connectivity index (χ0) is 11.7. The normalized spacial score (nSPS) is 29.6. The predicted molar refractivity (Wildman–Crippen MR) is 71.1 cm³/mol. The first-order chi connectivity index (χ1) is 7.58. The van der Waals surface area contributed by atoms with Crippen molar-refractivity contribution in [2.75, 3.05) is 0 Å². The molecule has 0 aromatic heterocycles. The van der Waals surface area contributed by atoms with Gasteiger partial charge in [-0.05, 0) is 56.1 Å². The van der Waals surface area contributed by atoms with Gasteiger partial charge in [0.25, 0.3) is 0 Å². The highest BCUT2D eigenvalue weighted by atomic mass is 35.5. The quantitative estimate of drug-likeness (QED) is 0.664. The van der Waals surface area contributed by atoms with Crippen LogP contribution in [0.4, 0.5) is 0 Å². The van der Waals surface area contributed by atoms with E-state index in [1.807, 2.05) is 0 Å². The summed E-state index contributed by atoms with van der Waals surface area (Å²) in [4.78, 5) is 0. The fourth-order valence-corrected chi connectivity index (χ4v) is 3.12. The number of halogens is 1. The smallest absolute Gasteiger partial charge is 0.0364 e. The molecule has 1 heteroatoms. The lowest BCUT2D eigenvalue weighted by molar-refractivity contribution is 0.419. The molecule has 0 radical (unpaired) electrons. The van der Waals surface area contributed by atoms with Crippen molar-refractivity contribution in [2.24, 2.45) is 11.8 Å². The molecule has 1 saturated carbocycles. The highest BCUT2D eigenvalue weighted by Gasteiger charge is 2.31. The fourth-order valence-electron chi connectivity index (χ4n) is 2.78. The number of alkyl halides is 1. The van der Waals surface area contributed by atoms with Crippen molar-refractivity contribution < 1.29 is 0 Å². The average Bonchev–Trinajstić information content (AvgIpc) is 2.55. The van der Waals surface area contributed by atoms with Crippen LogP contribution in [0.15, 0.2) is 18.2 Å². The van der Waals surface area contributed by atoms with Crippen molar-refractivity contribution in [3.05, 3.63) is 34.9 Å². The van der Waals surface area contributed by atoms with E-state index in [0.717, 1.165) is 5.92 Å². The van der Waals surface area contributed by atoms with E-state index in [4.69, 9.17) is 11.6 Å². The molecule has 0 N–H and O–H groups in total. The van der Waals surface area contributed by atoms with Gasteiger partial charge in [0.1, 0.15) is 0 Å². The van der Waals surface area contributed by atoms with E-state index in [-0.39, 0.29) is 0 Å². The monoisotopic (exact) mass is 236 g/mol. The molecule has 88 valence electrons. The lowest BCUT2D eigenvalue weighted by atomic mass is 9.88. The molecule has 0 nitrogen and oxygen atoms in total. The van der Waals surface area contributed by atoms with Crippen molar-refractivity contribution in [1.29, 1.82) is 0 Å². The second kappa shape index (κ2) is 4.79. The fraction of sp³-hybridized carbons (Fsp3) is 0.600. The SMILES string of the molecule is Cc1ccc(C)c(CC2CCC(Cl)C2C)c1. The average molecular weight is 237 g/mol. The molecule has 0 heterocycles. The second-order valence-electron chi connectivity index (χ2n) is 5.35. The van der Waals surface area contributed by atoms with Crippen LogP contribution in [0.25, 0.3) is 0 Å². The summed E-state index contributed by atoms with van der Waals surface area (Å²) < 4.78 is 0. The molecule has 0 saturated heterocycles. The first kappa shape index (κ1) is 12.0. The van der Waals surface area contributed by atoms with Gasteiger partial charge in [-0.25, -0.2) is 0 Å². The van der Waals surface area contributed by atoms with Gasteiger partial charge in [-0.2, -0.15) is 0 Å². The van der Waals surface area contributed by atoms with E-state index < -0.39 is 0 Å². The van der Waals surface area contributed by atoms with Gasteiger partial charge in [0.15, 0.2) is 0 Å². The molecule has 3 unspecified atom stereocenters. The van der Waals surface area contributed by atoms with Crippen LogP contribution in [0.1, 0.15) is 36.5 Å². The second-order valence-corrected chi connectivity index (χ2v) is 5.91. The summed E-state index contributed by atoms with van der Waals surface area (Å²) in [5.41, 5.74) is 4.31. The van der Waals surface area contributed by atoms with Gasteiger partial charge < -0.3 is 0 Å². The molecule has 0 spiro atoms. The Morgan fingerprint density at radius 3 is 2.62 bits per heavy atom. The molecule has 1 aliphatic carbocycles. The molecule has 0 bridgehead atoms. The third-order valence-electron chi connectivity index (χ3n) is 4.11. The Labute approximate surface area is 104 Å². The van der Waals surface area contributed by atoms with Gasteiger partial charge in [0, 0.05) is 5.38 Å². The van der Waals surface area contributed by atoms with Crippen LogP contribution in [0, 0.1) is 25.7 Å². The van der Waals surface area contributed by atoms with Crippen molar-refractivity contribution in [3.63, 3.8) is 0 Å². The standard InChI is InChI=1S/C15H21Cl/c1-10-4-5-11(2)14(8-10)9-13-6-7-15(16)12(13)3/h4-5,8,12-13,15H,6-7,9H2,1-3H3. The van der Waals surface area contributed by atoms with Gasteiger partial charge in [0.05, 0.1) is 0 Å². The third kappa shape index (κ3) is 2.43. The van der Waals surface area contributed by atoms with Crippen molar-refractivity contribution >= 4 is 11.6 Å². The molecular formula is C15H21Cl. The van der Waals surface area contributed by atoms with E-state index in [2.05, 4.69) is 39.0 Å². The molecule has 1 aromatic rings. The minimum atomic E-state index is 0.398. The first-order valence-corrected chi connectivity index (χ1v) is 6.72. The molecule has 0 aliphatic heterocycles. The molecular weight excluding hydrogens is 216 g/mol. The van der Waals surface area contributed by atoms with Crippen molar-refractivity contribution in [2.45, 2.75) is 45.4 Å². The van der Waals surface area contributed by atoms with E-state index in [0.29, 0.717) is 11.3 Å². The van der Waals surface area contributed by atoms with E-state index in [9.17, 15) is 0 Å². The molecule has 1 aromatic carbocycles. The van der Waals surface area contributed by atoms with E-state index >= 15 is 0 Å². The van der Waals surface area contributed by atoms with E-state index in [1.165, 1.54) is 36.0 Å². The number of rotatable bonds is 2. The zero-order valence-electron chi connectivity index (χ0n) is 10.5. The minimum Gasteiger partial charge on any atom is -0.123 e. The summed E-state index contributed by atoms with van der Waals surface area (Å²) >= 11 is 6.29. The molecule has 1 aliphatic rings. The minimum absolute atomic E-state index is 0.398. The Hall–Kier alpha value is -0.490. The Bertz CT molecular complexity index is 370. The van der Waals surface area contributed by atoms with Crippen LogP contribution in [-0.4, -0.2) is 5.38 Å². The Kier molecular flexibility index (Phi) is 3.59. The topological polar surface area (TPSA) is 0 Å². The lowest BCUT2D eigenvalue weighted by Crippen LogP contribution is -2.13. The highest BCUT2D eigenvalue weighted by Crippen LogP contribution is 2.37. The first-order valence-electron chi connectivity index (χ1n) is 6.28. The molecule has 1 fully saturated rings. The number of hydrogen-bond donors (Lipinski definition) is 0. The largest absolute Gasteiger partial charge is 0.123 e. The number of hydrogen-bond acceptors (Lipinski definition) is 0. The summed E-state index contributed by atoms with van der Waals surface area (Å²) in [7, 11) is 0. The Balaban J connectivity index is 2.12. The van der Waals surface area contributed by atoms with Crippen LogP contribution >= 0.6 is 11.6 Å². The summed E-state index contributed by atoms with van der Waals surface area (Å²) in [6.45, 7) is 6.69. The van der Waals surface area contributed by atoms with E-state index in [1.54, 1.807) is 0 Å². The van der Waals surface area contributed by atoms with Gasteiger partial charge in [0.2, 0.25) is 0 Å². The lowest BCUT2D eigenvalue weighted by Gasteiger charge is -2.18. The number of benzene rings is 1. The van der Waals surface area contributed by atoms with Crippen LogP contribution in [0.2, 0.25) is 0 Å². The van der Waals surface area contributed by atoms with Crippen LogP contribution in [-0.2, 0) is 6.42 Å². The molecule has 16 heavy (non-hydrogen) atoms. The van der Waals surface area contributed by atoms with Crippen molar-refractivity contribution in [3.8, 4) is 0 Å². The van der Waals surface area contributed by atoms with Crippen LogP contribution in [0.3, 0.4) is 0 Å². The molecule has 2 rings (SSSR count). The summed E-state index contributed by atoms with van der Waals surface area (Å²) in [6.07, 6.45) is 3.69. The van der Waals surface area contributed by atoms with Gasteiger partial charge in [-0.1, -0.05) is 30.7 Å². The maximum atomic E-state index is 6.29. The van der Waals surface area contributed by atoms with Gasteiger partial charge >= 0.3 is 0 Å². The number of aryl methyl sites for hydroxylation is 2. The van der Waals surface area contributed by atoms with Crippen LogP contribution in [0.5, 0.6) is 0 Å². The van der Waals surface area contributed by atoms with Crippen LogP contribution < -0.4 is 0 Å². The Morgan fingerprint density at radius 1 is 1.25 bits per heavy atom.